The van der Waals surface area contributed by atoms with Crippen molar-refractivity contribution in [1.82, 2.24) is 19.9 Å². The molecule has 208 valence electrons. The van der Waals surface area contributed by atoms with Gasteiger partial charge in [-0.15, -0.1) is 0 Å². The molecule has 1 saturated heterocycles. The molecule has 6 aromatic rings. The zero-order chi connectivity index (χ0) is 28.5. The van der Waals surface area contributed by atoms with Gasteiger partial charge >= 0.3 is 0 Å². The fraction of sp³-hybridized carbons (Fsp3) is 0.121. The lowest BCUT2D eigenvalue weighted by atomic mass is 10.0. The number of anilines is 2. The number of pyridine rings is 1. The van der Waals surface area contributed by atoms with Gasteiger partial charge in [-0.25, -0.2) is 4.98 Å². The van der Waals surface area contributed by atoms with Gasteiger partial charge in [0.25, 0.3) is 5.56 Å². The van der Waals surface area contributed by atoms with Gasteiger partial charge in [0.2, 0.25) is 5.95 Å². The Morgan fingerprint density at radius 2 is 1.83 bits per heavy atom. The first-order chi connectivity index (χ1) is 20.6. The molecule has 0 spiro atoms. The van der Waals surface area contributed by atoms with E-state index in [1.807, 2.05) is 78.9 Å². The van der Waals surface area contributed by atoms with Gasteiger partial charge in [-0.1, -0.05) is 41.9 Å². The number of nitrogens with one attached hydrogen (secondary N) is 2. The standard InChI is InChI=1S/C33H26ClN5O3/c34-30-17-21(22-13-15-41-20-22)6-11-28(30)29-16-23-18-36-33(38-31(23)39(32(29)40)25-4-2-1-3-5-25)37-24-7-9-26(10-8-24)42-27-12-14-35-19-27/h1-11,13,15-18,20,27,35H,12,14,19H2,(H,36,37,38). The number of benzene rings is 3. The third kappa shape index (κ3) is 5.13. The quantitative estimate of drug-likeness (QED) is 0.215. The summed E-state index contributed by atoms with van der Waals surface area (Å²) in [6, 6.07) is 26.4. The summed E-state index contributed by atoms with van der Waals surface area (Å²) in [6.07, 6.45) is 6.17. The first-order valence-electron chi connectivity index (χ1n) is 13.7. The normalized spacial score (nSPS) is 14.7. The van der Waals surface area contributed by atoms with Crippen LogP contribution in [0.4, 0.5) is 11.6 Å². The minimum absolute atomic E-state index is 0.191. The van der Waals surface area contributed by atoms with Gasteiger partial charge in [-0.3, -0.25) is 9.36 Å². The number of furan rings is 1. The van der Waals surface area contributed by atoms with E-state index < -0.39 is 0 Å². The van der Waals surface area contributed by atoms with Crippen molar-refractivity contribution in [2.75, 3.05) is 18.4 Å². The summed E-state index contributed by atoms with van der Waals surface area (Å²) in [6.45, 7) is 1.84. The third-order valence-electron chi connectivity index (χ3n) is 7.30. The van der Waals surface area contributed by atoms with Crippen LogP contribution >= 0.6 is 11.6 Å². The molecule has 4 heterocycles. The molecular weight excluding hydrogens is 550 g/mol. The number of halogens is 1. The zero-order valence-corrected chi connectivity index (χ0v) is 23.2. The Labute approximate surface area is 246 Å². The Kier molecular flexibility index (Phi) is 6.91. The van der Waals surface area contributed by atoms with Crippen molar-refractivity contribution >= 4 is 34.3 Å². The number of aromatic nitrogens is 3. The molecule has 2 N–H and O–H groups in total. The van der Waals surface area contributed by atoms with Crippen molar-refractivity contribution in [3.05, 3.63) is 119 Å². The Balaban J connectivity index is 1.27. The van der Waals surface area contributed by atoms with Crippen molar-refractivity contribution in [1.29, 1.82) is 0 Å². The lowest BCUT2D eigenvalue weighted by Gasteiger charge is -2.15. The summed E-state index contributed by atoms with van der Waals surface area (Å²) in [5.74, 6) is 1.19. The second-order valence-corrected chi connectivity index (χ2v) is 10.5. The number of para-hydroxylation sites is 1. The highest BCUT2D eigenvalue weighted by Crippen LogP contribution is 2.33. The first-order valence-corrected chi connectivity index (χ1v) is 14.1. The van der Waals surface area contributed by atoms with E-state index >= 15 is 0 Å². The molecule has 1 fully saturated rings. The Bertz CT molecular complexity index is 1920. The minimum atomic E-state index is -0.237. The van der Waals surface area contributed by atoms with Crippen LogP contribution in [-0.2, 0) is 0 Å². The van der Waals surface area contributed by atoms with Crippen LogP contribution in [0, 0.1) is 0 Å². The van der Waals surface area contributed by atoms with Crippen LogP contribution in [0.5, 0.6) is 5.75 Å². The zero-order valence-electron chi connectivity index (χ0n) is 22.5. The summed E-state index contributed by atoms with van der Waals surface area (Å²) in [7, 11) is 0. The third-order valence-corrected chi connectivity index (χ3v) is 7.61. The largest absolute Gasteiger partial charge is 0.489 e. The molecule has 1 aliphatic heterocycles. The summed E-state index contributed by atoms with van der Waals surface area (Å²) < 4.78 is 12.8. The highest BCUT2D eigenvalue weighted by Gasteiger charge is 2.18. The van der Waals surface area contributed by atoms with Gasteiger partial charge in [0, 0.05) is 45.5 Å². The predicted octanol–water partition coefficient (Wildman–Crippen LogP) is 6.85. The summed E-state index contributed by atoms with van der Waals surface area (Å²) >= 11 is 6.74. The first kappa shape index (κ1) is 26.0. The molecule has 42 heavy (non-hydrogen) atoms. The molecule has 1 aliphatic rings. The lowest BCUT2D eigenvalue weighted by molar-refractivity contribution is 0.223. The van der Waals surface area contributed by atoms with Crippen molar-refractivity contribution < 1.29 is 9.15 Å². The molecule has 3 aromatic heterocycles. The van der Waals surface area contributed by atoms with E-state index in [2.05, 4.69) is 15.6 Å². The van der Waals surface area contributed by atoms with E-state index in [4.69, 9.17) is 25.7 Å². The van der Waals surface area contributed by atoms with Gasteiger partial charge in [0.15, 0.2) is 5.65 Å². The van der Waals surface area contributed by atoms with E-state index in [0.29, 0.717) is 38.8 Å². The fourth-order valence-electron chi connectivity index (χ4n) is 5.18. The molecule has 9 heteroatoms. The number of nitrogens with zero attached hydrogens (tertiary/aromatic N) is 3. The van der Waals surface area contributed by atoms with E-state index in [1.165, 1.54) is 0 Å². The van der Waals surface area contributed by atoms with Crippen LogP contribution in [0.1, 0.15) is 6.42 Å². The van der Waals surface area contributed by atoms with Gasteiger partial charge in [0.1, 0.15) is 11.9 Å². The van der Waals surface area contributed by atoms with Crippen molar-refractivity contribution in [3.8, 4) is 33.7 Å². The van der Waals surface area contributed by atoms with Gasteiger partial charge < -0.3 is 19.8 Å². The van der Waals surface area contributed by atoms with Crippen LogP contribution in [0.25, 0.3) is 39.0 Å². The smallest absolute Gasteiger partial charge is 0.264 e. The topological polar surface area (TPSA) is 94.2 Å². The van der Waals surface area contributed by atoms with Gasteiger partial charge in [0.05, 0.1) is 18.2 Å². The Morgan fingerprint density at radius 3 is 2.57 bits per heavy atom. The molecule has 8 nitrogen and oxygen atoms in total. The number of ether oxygens (including phenoxy) is 1. The number of hydrogen-bond donors (Lipinski definition) is 2. The monoisotopic (exact) mass is 575 g/mol. The maximum absolute atomic E-state index is 14.1. The highest BCUT2D eigenvalue weighted by atomic mass is 35.5. The SMILES string of the molecule is O=c1c(-c2ccc(-c3ccoc3)cc2Cl)cc2cnc(Nc3ccc(OC4CCNC4)cc3)nc2n1-c1ccccc1. The number of hydrogen-bond acceptors (Lipinski definition) is 7. The maximum Gasteiger partial charge on any atom is 0.264 e. The van der Waals surface area contributed by atoms with Crippen LogP contribution in [0.3, 0.4) is 0 Å². The van der Waals surface area contributed by atoms with E-state index in [-0.39, 0.29) is 11.7 Å². The summed E-state index contributed by atoms with van der Waals surface area (Å²) in [5.41, 5.74) is 4.62. The van der Waals surface area contributed by atoms with Crippen molar-refractivity contribution in [2.24, 2.45) is 0 Å². The number of fused-ring (bicyclic) bond motifs is 1. The molecule has 0 saturated carbocycles. The average Bonchev–Trinajstić information content (AvgIpc) is 3.74. The van der Waals surface area contributed by atoms with Gasteiger partial charge in [-0.2, -0.15) is 4.98 Å². The minimum Gasteiger partial charge on any atom is -0.489 e. The number of rotatable bonds is 7. The second kappa shape index (κ2) is 11.2. The van der Waals surface area contributed by atoms with Gasteiger partial charge in [-0.05, 0) is 73.1 Å². The Morgan fingerprint density at radius 1 is 0.976 bits per heavy atom. The molecule has 3 aromatic carbocycles. The lowest BCUT2D eigenvalue weighted by Crippen LogP contribution is -2.22. The van der Waals surface area contributed by atoms with Crippen LogP contribution < -0.4 is 20.9 Å². The van der Waals surface area contributed by atoms with Crippen LogP contribution in [0.15, 0.2) is 113 Å². The molecule has 1 unspecified atom stereocenters. The average molecular weight is 576 g/mol. The van der Waals surface area contributed by atoms with E-state index in [0.717, 1.165) is 42.1 Å². The Hall–Kier alpha value is -4.92. The van der Waals surface area contributed by atoms with Crippen LogP contribution in [0.2, 0.25) is 5.02 Å². The summed E-state index contributed by atoms with van der Waals surface area (Å²) in [4.78, 5) is 23.4. The molecule has 0 radical (unpaired) electrons. The fourth-order valence-corrected chi connectivity index (χ4v) is 5.46. The van der Waals surface area contributed by atoms with Crippen molar-refractivity contribution in [3.63, 3.8) is 0 Å². The molecule has 0 amide bonds. The molecule has 1 atom stereocenters. The molecule has 7 rings (SSSR count). The molecule has 0 bridgehead atoms. The predicted molar refractivity (Wildman–Crippen MR) is 165 cm³/mol. The second-order valence-electron chi connectivity index (χ2n) is 10.1. The van der Waals surface area contributed by atoms with Crippen molar-refractivity contribution in [2.45, 2.75) is 12.5 Å². The highest BCUT2D eigenvalue weighted by molar-refractivity contribution is 6.33. The maximum atomic E-state index is 14.1. The van der Waals surface area contributed by atoms with E-state index in [9.17, 15) is 4.79 Å². The summed E-state index contributed by atoms with van der Waals surface area (Å²) in [5, 5.41) is 7.72. The van der Waals surface area contributed by atoms with Crippen LogP contribution in [-0.4, -0.2) is 33.7 Å². The molecule has 0 aliphatic carbocycles. The van der Waals surface area contributed by atoms with E-state index in [1.54, 1.807) is 29.4 Å². The molecular formula is C33H26ClN5O3.